The minimum atomic E-state index is 0.00582. The summed E-state index contributed by atoms with van der Waals surface area (Å²) in [5.41, 5.74) is 4.96. The molecular weight excluding hydrogens is 270 g/mol. The van der Waals surface area contributed by atoms with Gasteiger partial charge in [-0.3, -0.25) is 4.79 Å². The quantitative estimate of drug-likeness (QED) is 0.461. The third-order valence-corrected chi connectivity index (χ3v) is 4.10. The van der Waals surface area contributed by atoms with Crippen molar-refractivity contribution in [2.45, 2.75) is 26.2 Å². The predicted molar refractivity (Wildman–Crippen MR) is 94.1 cm³/mol. The molecule has 0 aliphatic carbocycles. The number of para-hydroxylation sites is 1. The second-order valence-corrected chi connectivity index (χ2v) is 6.04. The maximum atomic E-state index is 10.3. The van der Waals surface area contributed by atoms with Gasteiger partial charge in [0.2, 0.25) is 0 Å². The summed E-state index contributed by atoms with van der Waals surface area (Å²) in [4.78, 5) is 12.5. The number of aldehydes is 1. The topological polar surface area (TPSA) is 20.3 Å². The van der Waals surface area contributed by atoms with Gasteiger partial charge in [0.1, 0.15) is 6.29 Å². The summed E-state index contributed by atoms with van der Waals surface area (Å²) in [5, 5.41) is 0. The van der Waals surface area contributed by atoms with E-state index in [0.29, 0.717) is 0 Å². The van der Waals surface area contributed by atoms with Gasteiger partial charge in [-0.25, -0.2) is 0 Å². The normalized spacial score (nSPS) is 19.4. The molecule has 1 aliphatic heterocycles. The van der Waals surface area contributed by atoms with Gasteiger partial charge >= 0.3 is 0 Å². The molecule has 0 bridgehead atoms. The molecule has 0 fully saturated rings. The molecule has 0 saturated carbocycles. The molecule has 0 N–H and O–H groups in total. The molecule has 0 atom stereocenters. The summed E-state index contributed by atoms with van der Waals surface area (Å²) in [6.07, 6.45) is 12.3. The van der Waals surface area contributed by atoms with Crippen LogP contribution in [0.25, 0.3) is 0 Å². The van der Waals surface area contributed by atoms with E-state index in [4.69, 9.17) is 0 Å². The molecule has 2 nitrogen and oxygen atoms in total. The fourth-order valence-electron chi connectivity index (χ4n) is 2.90. The largest absolute Gasteiger partial charge is 0.347 e. The van der Waals surface area contributed by atoms with Gasteiger partial charge in [-0.15, -0.1) is 0 Å². The third kappa shape index (κ3) is 3.11. The number of carbonyl (C=O) groups excluding carboxylic acids is 1. The number of likely N-dealkylation sites (N-methyl/N-ethyl adjacent to an activating group) is 1. The Morgan fingerprint density at radius 1 is 1.14 bits per heavy atom. The number of benzene rings is 1. The minimum Gasteiger partial charge on any atom is -0.347 e. The second kappa shape index (κ2) is 6.61. The number of carbonyl (C=O) groups is 1. The first-order valence-corrected chi connectivity index (χ1v) is 7.49. The number of nitrogens with zero attached hydrogens (tertiary/aromatic N) is 1. The average Bonchev–Trinajstić information content (AvgIpc) is 2.70. The molecule has 1 aromatic rings. The monoisotopic (exact) mass is 293 g/mol. The van der Waals surface area contributed by atoms with Crippen LogP contribution in [0.15, 0.2) is 72.0 Å². The third-order valence-electron chi connectivity index (χ3n) is 4.10. The lowest BCUT2D eigenvalue weighted by atomic mass is 9.84. The van der Waals surface area contributed by atoms with Crippen LogP contribution in [-0.2, 0) is 10.2 Å². The smallest absolute Gasteiger partial charge is 0.142 e. The molecule has 0 amide bonds. The Hall–Kier alpha value is -2.35. The Balaban J connectivity index is 2.23. The van der Waals surface area contributed by atoms with Gasteiger partial charge in [0, 0.05) is 23.8 Å². The van der Waals surface area contributed by atoms with Crippen molar-refractivity contribution in [3.05, 3.63) is 77.6 Å². The summed E-state index contributed by atoms with van der Waals surface area (Å²) in [6.45, 7) is 6.48. The maximum Gasteiger partial charge on any atom is 0.142 e. The zero-order valence-electron chi connectivity index (χ0n) is 13.7. The van der Waals surface area contributed by atoms with Crippen LogP contribution in [0.5, 0.6) is 0 Å². The summed E-state index contributed by atoms with van der Waals surface area (Å²) in [5.74, 6) is 0. The van der Waals surface area contributed by atoms with Crippen molar-refractivity contribution in [3.63, 3.8) is 0 Å². The van der Waals surface area contributed by atoms with Crippen LogP contribution >= 0.6 is 0 Å². The molecule has 2 heteroatoms. The fourth-order valence-corrected chi connectivity index (χ4v) is 2.90. The number of allylic oxidation sites excluding steroid dienone is 8. The molecule has 0 aromatic heterocycles. The van der Waals surface area contributed by atoms with E-state index in [9.17, 15) is 4.79 Å². The number of hydrogen-bond acceptors (Lipinski definition) is 2. The zero-order chi connectivity index (χ0) is 16.2. The van der Waals surface area contributed by atoms with Crippen LogP contribution in [0, 0.1) is 0 Å². The highest BCUT2D eigenvalue weighted by Gasteiger charge is 2.37. The van der Waals surface area contributed by atoms with E-state index < -0.39 is 0 Å². The highest BCUT2D eigenvalue weighted by molar-refractivity contribution is 5.70. The summed E-state index contributed by atoms with van der Waals surface area (Å²) in [7, 11) is 2.11. The van der Waals surface area contributed by atoms with Gasteiger partial charge in [0.25, 0.3) is 0 Å². The first-order chi connectivity index (χ1) is 10.5. The number of anilines is 1. The SMILES string of the molecule is CC(/C=C/C=O)=C\C=C\C=C1/N(C)c2ccccc2C1(C)C. The van der Waals surface area contributed by atoms with E-state index >= 15 is 0 Å². The van der Waals surface area contributed by atoms with Crippen LogP contribution in [0.4, 0.5) is 5.69 Å². The standard InChI is InChI=1S/C20H23NO/c1-16(11-9-15-22)10-5-8-14-19-20(2,3)17-12-6-7-13-18(17)21(19)4/h5-15H,1-4H3/b8-5+,11-9+,16-10+,19-14-. The van der Waals surface area contributed by atoms with E-state index in [1.165, 1.54) is 23.0 Å². The second-order valence-electron chi connectivity index (χ2n) is 6.04. The van der Waals surface area contributed by atoms with Crippen molar-refractivity contribution < 1.29 is 4.79 Å². The number of rotatable bonds is 4. The maximum absolute atomic E-state index is 10.3. The van der Waals surface area contributed by atoms with Gasteiger partial charge in [-0.05, 0) is 30.7 Å². The first kappa shape index (κ1) is 16.0. The highest BCUT2D eigenvalue weighted by Crippen LogP contribution is 2.46. The number of fused-ring (bicyclic) bond motifs is 1. The molecule has 114 valence electrons. The van der Waals surface area contributed by atoms with Gasteiger partial charge in [-0.1, -0.05) is 61.9 Å². The minimum absolute atomic E-state index is 0.00582. The van der Waals surface area contributed by atoms with Crippen LogP contribution in [0.3, 0.4) is 0 Å². The van der Waals surface area contributed by atoms with Crippen LogP contribution in [0.1, 0.15) is 26.3 Å². The molecule has 1 aliphatic rings. The summed E-state index contributed by atoms with van der Waals surface area (Å²) >= 11 is 0. The lowest BCUT2D eigenvalue weighted by Crippen LogP contribution is -2.22. The van der Waals surface area contributed by atoms with Crippen LogP contribution in [-0.4, -0.2) is 13.3 Å². The molecule has 0 saturated heterocycles. The van der Waals surface area contributed by atoms with Gasteiger partial charge < -0.3 is 4.90 Å². The summed E-state index contributed by atoms with van der Waals surface area (Å²) in [6, 6.07) is 8.54. The Morgan fingerprint density at radius 2 is 1.86 bits per heavy atom. The van der Waals surface area contributed by atoms with Crippen molar-refractivity contribution in [2.24, 2.45) is 0 Å². The predicted octanol–water partition coefficient (Wildman–Crippen LogP) is 4.56. The molecule has 22 heavy (non-hydrogen) atoms. The Labute approximate surface area is 133 Å². The van der Waals surface area contributed by atoms with Gasteiger partial charge in [0.05, 0.1) is 0 Å². The zero-order valence-corrected chi connectivity index (χ0v) is 13.7. The van der Waals surface area contributed by atoms with Gasteiger partial charge in [0.15, 0.2) is 0 Å². The molecule has 1 heterocycles. The molecule has 0 radical (unpaired) electrons. The molecule has 2 rings (SSSR count). The van der Waals surface area contributed by atoms with E-state index in [0.717, 1.165) is 11.9 Å². The lowest BCUT2D eigenvalue weighted by Gasteiger charge is -2.23. The lowest BCUT2D eigenvalue weighted by molar-refractivity contribution is -0.104. The van der Waals surface area contributed by atoms with E-state index in [1.54, 1.807) is 6.08 Å². The first-order valence-electron chi connectivity index (χ1n) is 7.49. The van der Waals surface area contributed by atoms with Crippen LogP contribution < -0.4 is 4.90 Å². The Morgan fingerprint density at radius 3 is 2.55 bits per heavy atom. The Bertz CT molecular complexity index is 675. The van der Waals surface area contributed by atoms with Crippen LogP contribution in [0.2, 0.25) is 0 Å². The van der Waals surface area contributed by atoms with Crippen molar-refractivity contribution >= 4 is 12.0 Å². The highest BCUT2D eigenvalue weighted by atomic mass is 16.1. The van der Waals surface area contributed by atoms with Crippen molar-refractivity contribution in [3.8, 4) is 0 Å². The number of hydrogen-bond donors (Lipinski definition) is 0. The molecule has 0 spiro atoms. The van der Waals surface area contributed by atoms with Crippen molar-refractivity contribution in [1.29, 1.82) is 0 Å². The van der Waals surface area contributed by atoms with E-state index in [2.05, 4.69) is 62.2 Å². The van der Waals surface area contributed by atoms with E-state index in [-0.39, 0.29) is 5.41 Å². The van der Waals surface area contributed by atoms with Crippen molar-refractivity contribution in [2.75, 3.05) is 11.9 Å². The molecular formula is C20H23NO. The average molecular weight is 293 g/mol. The molecule has 1 aromatic carbocycles. The summed E-state index contributed by atoms with van der Waals surface area (Å²) < 4.78 is 0. The fraction of sp³-hybridized carbons (Fsp3) is 0.250. The Kier molecular flexibility index (Phi) is 4.81. The van der Waals surface area contributed by atoms with E-state index in [1.807, 2.05) is 19.1 Å². The van der Waals surface area contributed by atoms with Crippen molar-refractivity contribution in [1.82, 2.24) is 0 Å². The van der Waals surface area contributed by atoms with Gasteiger partial charge in [-0.2, -0.15) is 0 Å². The molecule has 0 unspecified atom stereocenters.